The summed E-state index contributed by atoms with van der Waals surface area (Å²) < 4.78 is 11.3. The summed E-state index contributed by atoms with van der Waals surface area (Å²) in [6, 6.07) is 18.5. The molecule has 5 rings (SSSR count). The predicted octanol–water partition coefficient (Wildman–Crippen LogP) is 4.55. The molecule has 2 bridgehead atoms. The summed E-state index contributed by atoms with van der Waals surface area (Å²) in [6.07, 6.45) is 6.09. The molecule has 2 saturated heterocycles. The molecule has 2 aliphatic rings. The van der Waals surface area contributed by atoms with E-state index in [4.69, 9.17) is 9.47 Å². The van der Waals surface area contributed by atoms with Crippen molar-refractivity contribution in [1.82, 2.24) is 15.1 Å². The van der Waals surface area contributed by atoms with Gasteiger partial charge in [0.1, 0.15) is 0 Å². The minimum atomic E-state index is 0.570. The smallest absolute Gasteiger partial charge is 0.161 e. The number of methoxy groups -OCH3 is 1. The second kappa shape index (κ2) is 8.07. The van der Waals surface area contributed by atoms with Crippen molar-refractivity contribution in [3.05, 3.63) is 54.2 Å². The number of nitrogens with one attached hydrogen (secondary N) is 1. The minimum absolute atomic E-state index is 0.570. The van der Waals surface area contributed by atoms with Crippen LogP contribution in [-0.4, -0.2) is 47.4 Å². The maximum Gasteiger partial charge on any atom is 0.161 e. The fourth-order valence-corrected chi connectivity index (χ4v) is 5.27. The number of ether oxygens (including phenoxy) is 2. The van der Waals surface area contributed by atoms with Gasteiger partial charge < -0.3 is 9.47 Å². The first-order chi connectivity index (χ1) is 14.3. The van der Waals surface area contributed by atoms with E-state index in [0.29, 0.717) is 24.6 Å². The van der Waals surface area contributed by atoms with Gasteiger partial charge in [-0.05, 0) is 56.4 Å². The summed E-state index contributed by atoms with van der Waals surface area (Å²) in [5, 5.41) is 9.21. The first-order valence-electron chi connectivity index (χ1n) is 10.7. The minimum Gasteiger partial charge on any atom is -0.493 e. The summed E-state index contributed by atoms with van der Waals surface area (Å²) in [4.78, 5) is 2.73. The van der Waals surface area contributed by atoms with E-state index in [0.717, 1.165) is 30.0 Å². The second-order valence-electron chi connectivity index (χ2n) is 8.22. The molecule has 0 saturated carbocycles. The molecule has 2 atom stereocenters. The number of para-hydroxylation sites is 1. The van der Waals surface area contributed by atoms with Gasteiger partial charge in [-0.3, -0.25) is 10.00 Å². The molecule has 151 valence electrons. The number of benzene rings is 2. The Morgan fingerprint density at radius 1 is 1.14 bits per heavy atom. The maximum atomic E-state index is 5.95. The molecule has 0 spiro atoms. The Morgan fingerprint density at radius 2 is 1.97 bits per heavy atom. The Kier molecular flexibility index (Phi) is 5.15. The number of fused-ring (bicyclic) bond motifs is 3. The molecule has 2 aromatic carbocycles. The van der Waals surface area contributed by atoms with Crippen molar-refractivity contribution < 1.29 is 9.47 Å². The number of aromatic nitrogens is 2. The van der Waals surface area contributed by atoms with Gasteiger partial charge in [-0.1, -0.05) is 24.3 Å². The van der Waals surface area contributed by atoms with Gasteiger partial charge in [0, 0.05) is 29.9 Å². The number of hydrogen-bond donors (Lipinski definition) is 1. The molecule has 2 fully saturated rings. The average molecular weight is 391 g/mol. The molecule has 2 aliphatic heterocycles. The number of H-pyrrole nitrogens is 1. The Labute approximate surface area is 172 Å². The normalized spacial score (nSPS) is 24.1. The second-order valence-corrected chi connectivity index (χ2v) is 8.22. The number of nitrogens with zero attached hydrogens (tertiary/aromatic N) is 2. The van der Waals surface area contributed by atoms with E-state index in [-0.39, 0.29) is 0 Å². The molecule has 1 aromatic heterocycles. The predicted molar refractivity (Wildman–Crippen MR) is 114 cm³/mol. The fourth-order valence-electron chi connectivity index (χ4n) is 5.27. The number of aromatic amines is 1. The number of hydrogen-bond acceptors (Lipinski definition) is 4. The lowest BCUT2D eigenvalue weighted by Gasteiger charge is -2.38. The van der Waals surface area contributed by atoms with Crippen LogP contribution < -0.4 is 9.47 Å². The molecule has 0 amide bonds. The average Bonchev–Trinajstić information content (AvgIpc) is 3.29. The molecule has 3 heterocycles. The SMILES string of the molecule is COc1c[c]ccc1OCCCN1C2CCC1CC(c1n[nH]c3ccccc13)C2. The third-order valence-corrected chi connectivity index (χ3v) is 6.60. The molecule has 29 heavy (non-hydrogen) atoms. The Morgan fingerprint density at radius 3 is 2.79 bits per heavy atom. The third kappa shape index (κ3) is 3.60. The lowest BCUT2D eigenvalue weighted by Crippen LogP contribution is -2.43. The van der Waals surface area contributed by atoms with Crippen LogP contribution in [-0.2, 0) is 0 Å². The maximum absolute atomic E-state index is 5.95. The lowest BCUT2D eigenvalue weighted by atomic mass is 9.86. The molecular weight excluding hydrogens is 362 g/mol. The standard InChI is InChI=1S/C24H28N3O2/c1-28-22-9-4-5-10-23(22)29-14-6-13-27-18-11-12-19(27)16-17(15-18)24-20-7-2-3-8-21(20)25-26-24/h2-3,5,7-10,17-19H,6,11-16H2,1H3,(H,25,26). The van der Waals surface area contributed by atoms with Crippen LogP contribution in [0.1, 0.15) is 43.7 Å². The van der Waals surface area contributed by atoms with E-state index in [1.165, 1.54) is 36.8 Å². The quantitative estimate of drug-likeness (QED) is 0.601. The summed E-state index contributed by atoms with van der Waals surface area (Å²) in [5.74, 6) is 2.12. The van der Waals surface area contributed by atoms with E-state index < -0.39 is 0 Å². The van der Waals surface area contributed by atoms with Crippen molar-refractivity contribution in [2.75, 3.05) is 20.3 Å². The highest BCUT2D eigenvalue weighted by Crippen LogP contribution is 2.44. The van der Waals surface area contributed by atoms with Crippen LogP contribution >= 0.6 is 0 Å². The lowest BCUT2D eigenvalue weighted by molar-refractivity contribution is 0.117. The van der Waals surface area contributed by atoms with E-state index in [1.807, 2.05) is 18.2 Å². The Hall–Kier alpha value is -2.53. The van der Waals surface area contributed by atoms with Gasteiger partial charge >= 0.3 is 0 Å². The summed E-state index contributed by atoms with van der Waals surface area (Å²) in [7, 11) is 1.67. The van der Waals surface area contributed by atoms with Crippen molar-refractivity contribution >= 4 is 10.9 Å². The van der Waals surface area contributed by atoms with Gasteiger partial charge in [0.15, 0.2) is 11.5 Å². The molecule has 2 unspecified atom stereocenters. The molecule has 0 aliphatic carbocycles. The van der Waals surface area contributed by atoms with Gasteiger partial charge in [-0.15, -0.1) is 0 Å². The van der Waals surface area contributed by atoms with Crippen molar-refractivity contribution in [3.8, 4) is 11.5 Å². The van der Waals surface area contributed by atoms with Gasteiger partial charge in [0.25, 0.3) is 0 Å². The highest BCUT2D eigenvalue weighted by Gasteiger charge is 2.41. The highest BCUT2D eigenvalue weighted by molar-refractivity contribution is 5.81. The number of rotatable bonds is 7. The Balaban J connectivity index is 1.18. The van der Waals surface area contributed by atoms with Gasteiger partial charge in [-0.2, -0.15) is 5.10 Å². The topological polar surface area (TPSA) is 50.4 Å². The van der Waals surface area contributed by atoms with E-state index in [9.17, 15) is 0 Å². The molecule has 5 heteroatoms. The van der Waals surface area contributed by atoms with E-state index in [2.05, 4.69) is 45.4 Å². The van der Waals surface area contributed by atoms with Crippen LogP contribution in [0, 0.1) is 6.07 Å². The van der Waals surface area contributed by atoms with Crippen LogP contribution in [0.4, 0.5) is 0 Å². The zero-order valence-electron chi connectivity index (χ0n) is 16.9. The summed E-state index contributed by atoms with van der Waals surface area (Å²) >= 11 is 0. The summed E-state index contributed by atoms with van der Waals surface area (Å²) in [6.45, 7) is 1.81. The van der Waals surface area contributed by atoms with Crippen LogP contribution in [0.5, 0.6) is 11.5 Å². The van der Waals surface area contributed by atoms with Crippen LogP contribution in [0.3, 0.4) is 0 Å². The number of piperidine rings is 1. The highest BCUT2D eigenvalue weighted by atomic mass is 16.5. The van der Waals surface area contributed by atoms with Crippen LogP contribution in [0.25, 0.3) is 10.9 Å². The monoisotopic (exact) mass is 390 g/mol. The van der Waals surface area contributed by atoms with Crippen molar-refractivity contribution in [2.45, 2.75) is 50.1 Å². The van der Waals surface area contributed by atoms with Gasteiger partial charge in [0.05, 0.1) is 24.9 Å². The van der Waals surface area contributed by atoms with E-state index in [1.54, 1.807) is 7.11 Å². The molecular formula is C24H28N3O2. The van der Waals surface area contributed by atoms with Gasteiger partial charge in [0.2, 0.25) is 0 Å². The van der Waals surface area contributed by atoms with Gasteiger partial charge in [-0.25, -0.2) is 0 Å². The molecule has 5 nitrogen and oxygen atoms in total. The zero-order valence-corrected chi connectivity index (χ0v) is 16.9. The molecule has 1 N–H and O–H groups in total. The summed E-state index contributed by atoms with van der Waals surface area (Å²) in [5.41, 5.74) is 2.43. The first kappa shape index (κ1) is 18.5. The molecule has 1 radical (unpaired) electrons. The third-order valence-electron chi connectivity index (χ3n) is 6.60. The van der Waals surface area contributed by atoms with Crippen molar-refractivity contribution in [3.63, 3.8) is 0 Å². The largest absolute Gasteiger partial charge is 0.493 e. The first-order valence-corrected chi connectivity index (χ1v) is 10.7. The van der Waals surface area contributed by atoms with Crippen molar-refractivity contribution in [1.29, 1.82) is 0 Å². The van der Waals surface area contributed by atoms with Crippen LogP contribution in [0.2, 0.25) is 0 Å². The Bertz CT molecular complexity index is 955. The fraction of sp³-hybridized carbons (Fsp3) is 0.458. The van der Waals surface area contributed by atoms with E-state index >= 15 is 0 Å². The molecule has 3 aromatic rings. The van der Waals surface area contributed by atoms with Crippen LogP contribution in [0.15, 0.2) is 42.5 Å². The zero-order chi connectivity index (χ0) is 19.6. The van der Waals surface area contributed by atoms with Crippen molar-refractivity contribution in [2.24, 2.45) is 0 Å².